The number of hydrogen-bond acceptors (Lipinski definition) is 5. The number of carbonyl (C=O) groups excluding carboxylic acids is 2. The summed E-state index contributed by atoms with van der Waals surface area (Å²) < 4.78 is 9.79. The third kappa shape index (κ3) is 3.70. The van der Waals surface area contributed by atoms with Crippen molar-refractivity contribution in [3.63, 3.8) is 0 Å². The fourth-order valence-corrected chi connectivity index (χ4v) is 2.01. The van der Waals surface area contributed by atoms with Crippen molar-refractivity contribution in [3.8, 4) is 0 Å². The van der Waals surface area contributed by atoms with Gasteiger partial charge in [-0.15, -0.1) is 0 Å². The molecule has 0 fully saturated rings. The first kappa shape index (κ1) is 16.9. The minimum Gasteiger partial charge on any atom is -0.465 e. The highest BCUT2D eigenvalue weighted by atomic mass is 16.6. The lowest BCUT2D eigenvalue weighted by Crippen LogP contribution is -2.45. The van der Waals surface area contributed by atoms with Crippen molar-refractivity contribution >= 4 is 11.9 Å². The highest BCUT2D eigenvalue weighted by molar-refractivity contribution is 5.97. The molecular formula is C16H20O5. The maximum Gasteiger partial charge on any atom is 0.324 e. The first-order chi connectivity index (χ1) is 10.0. The highest BCUT2D eigenvalue weighted by Gasteiger charge is 2.47. The molecule has 0 aromatic heterocycles. The van der Waals surface area contributed by atoms with Gasteiger partial charge >= 0.3 is 11.9 Å². The molecule has 1 aromatic rings. The molecule has 5 heteroatoms. The summed E-state index contributed by atoms with van der Waals surface area (Å²) in [6, 6.07) is 8.35. The summed E-state index contributed by atoms with van der Waals surface area (Å²) in [6.07, 6.45) is 1.15. The van der Waals surface area contributed by atoms with Crippen LogP contribution in [0.3, 0.4) is 0 Å². The smallest absolute Gasteiger partial charge is 0.324 e. The Morgan fingerprint density at radius 2 is 1.67 bits per heavy atom. The predicted molar refractivity (Wildman–Crippen MR) is 77.3 cm³/mol. The molecule has 0 aliphatic carbocycles. The molecule has 1 unspecified atom stereocenters. The molecule has 0 radical (unpaired) electrons. The lowest BCUT2D eigenvalue weighted by atomic mass is 9.81. The summed E-state index contributed by atoms with van der Waals surface area (Å²) >= 11 is 0. The Labute approximate surface area is 124 Å². The molecule has 1 aromatic carbocycles. The van der Waals surface area contributed by atoms with Crippen LogP contribution in [0.4, 0.5) is 0 Å². The molecule has 1 atom stereocenters. The van der Waals surface area contributed by atoms with E-state index in [1.54, 1.807) is 44.2 Å². The van der Waals surface area contributed by atoms with Crippen molar-refractivity contribution in [2.24, 2.45) is 5.92 Å². The van der Waals surface area contributed by atoms with Gasteiger partial charge in [0.2, 0.25) is 0 Å². The zero-order valence-corrected chi connectivity index (χ0v) is 12.2. The van der Waals surface area contributed by atoms with Crippen molar-refractivity contribution in [2.75, 3.05) is 13.2 Å². The van der Waals surface area contributed by atoms with Gasteiger partial charge in [-0.3, -0.25) is 9.59 Å². The van der Waals surface area contributed by atoms with Gasteiger partial charge in [-0.2, -0.15) is 0 Å². The largest absolute Gasteiger partial charge is 0.465 e. The van der Waals surface area contributed by atoms with Gasteiger partial charge in [0, 0.05) is 0 Å². The van der Waals surface area contributed by atoms with Crippen LogP contribution in [0.2, 0.25) is 0 Å². The van der Waals surface area contributed by atoms with Gasteiger partial charge in [0.05, 0.1) is 13.2 Å². The molecule has 0 spiro atoms. The van der Waals surface area contributed by atoms with Gasteiger partial charge in [0.25, 0.3) is 0 Å². The summed E-state index contributed by atoms with van der Waals surface area (Å²) in [5, 5.41) is 10.8. The number of rotatable bonds is 7. The molecule has 0 bridgehead atoms. The van der Waals surface area contributed by atoms with Gasteiger partial charge in [0.15, 0.2) is 5.92 Å². The molecule has 5 nitrogen and oxygen atoms in total. The topological polar surface area (TPSA) is 72.8 Å². The Hall–Kier alpha value is -2.14. The lowest BCUT2D eigenvalue weighted by Gasteiger charge is -2.30. The van der Waals surface area contributed by atoms with Crippen molar-refractivity contribution in [3.05, 3.63) is 48.6 Å². The maximum atomic E-state index is 12.1. The summed E-state index contributed by atoms with van der Waals surface area (Å²) in [6.45, 7) is 6.98. The van der Waals surface area contributed by atoms with E-state index in [0.717, 1.165) is 6.08 Å². The van der Waals surface area contributed by atoms with E-state index in [4.69, 9.17) is 9.47 Å². The number of benzene rings is 1. The maximum absolute atomic E-state index is 12.1. The van der Waals surface area contributed by atoms with E-state index in [0.29, 0.717) is 5.56 Å². The van der Waals surface area contributed by atoms with Crippen molar-refractivity contribution in [1.82, 2.24) is 0 Å². The minimum atomic E-state index is -1.89. The summed E-state index contributed by atoms with van der Waals surface area (Å²) in [5.74, 6) is -3.21. The number of aliphatic hydroxyl groups is 1. The molecule has 0 saturated carbocycles. The Bertz CT molecular complexity index is 479. The third-order valence-corrected chi connectivity index (χ3v) is 3.03. The van der Waals surface area contributed by atoms with Gasteiger partial charge < -0.3 is 14.6 Å². The molecule has 0 heterocycles. The first-order valence-electron chi connectivity index (χ1n) is 6.76. The van der Waals surface area contributed by atoms with Crippen LogP contribution < -0.4 is 0 Å². The number of carbonyl (C=O) groups is 2. The van der Waals surface area contributed by atoms with Gasteiger partial charge in [-0.1, -0.05) is 43.0 Å². The average molecular weight is 292 g/mol. The van der Waals surface area contributed by atoms with E-state index in [2.05, 4.69) is 6.58 Å². The van der Waals surface area contributed by atoms with E-state index in [1.165, 1.54) is 0 Å². The normalized spacial score (nSPS) is 13.3. The quantitative estimate of drug-likeness (QED) is 0.471. The van der Waals surface area contributed by atoms with Gasteiger partial charge in [0.1, 0.15) is 5.60 Å². The second-order valence-electron chi connectivity index (χ2n) is 4.33. The summed E-state index contributed by atoms with van der Waals surface area (Å²) in [5.41, 5.74) is -1.52. The Morgan fingerprint density at radius 1 is 1.19 bits per heavy atom. The summed E-state index contributed by atoms with van der Waals surface area (Å²) in [4.78, 5) is 24.2. The fourth-order valence-electron chi connectivity index (χ4n) is 2.01. The molecule has 0 amide bonds. The van der Waals surface area contributed by atoms with Crippen LogP contribution in [-0.2, 0) is 24.7 Å². The van der Waals surface area contributed by atoms with Crippen LogP contribution >= 0.6 is 0 Å². The van der Waals surface area contributed by atoms with E-state index in [1.807, 2.05) is 0 Å². The van der Waals surface area contributed by atoms with E-state index < -0.39 is 23.5 Å². The SMILES string of the molecule is C=CC(O)(c1ccccc1)C(C(=O)OCC)C(=O)OCC. The molecule has 114 valence electrons. The number of esters is 2. The van der Waals surface area contributed by atoms with Crippen LogP contribution in [0.15, 0.2) is 43.0 Å². The highest BCUT2D eigenvalue weighted by Crippen LogP contribution is 2.33. The van der Waals surface area contributed by atoms with Gasteiger partial charge in [-0.25, -0.2) is 0 Å². The minimum absolute atomic E-state index is 0.0940. The first-order valence-corrected chi connectivity index (χ1v) is 6.76. The predicted octanol–water partition coefficient (Wildman–Crippen LogP) is 1.80. The van der Waals surface area contributed by atoms with Crippen molar-refractivity contribution in [1.29, 1.82) is 0 Å². The second kappa shape index (κ2) is 7.59. The molecule has 0 aliphatic heterocycles. The van der Waals surface area contributed by atoms with Crippen LogP contribution in [0, 0.1) is 5.92 Å². The number of ether oxygens (including phenoxy) is 2. The summed E-state index contributed by atoms with van der Waals surface area (Å²) in [7, 11) is 0. The van der Waals surface area contributed by atoms with E-state index >= 15 is 0 Å². The zero-order chi connectivity index (χ0) is 15.9. The molecule has 21 heavy (non-hydrogen) atoms. The third-order valence-electron chi connectivity index (χ3n) is 3.03. The lowest BCUT2D eigenvalue weighted by molar-refractivity contribution is -0.172. The monoisotopic (exact) mass is 292 g/mol. The van der Waals surface area contributed by atoms with Gasteiger partial charge in [-0.05, 0) is 19.4 Å². The van der Waals surface area contributed by atoms with Crippen LogP contribution in [0.5, 0.6) is 0 Å². The van der Waals surface area contributed by atoms with Crippen molar-refractivity contribution in [2.45, 2.75) is 19.4 Å². The van der Waals surface area contributed by atoms with E-state index in [9.17, 15) is 14.7 Å². The van der Waals surface area contributed by atoms with Crippen LogP contribution in [0.25, 0.3) is 0 Å². The fraction of sp³-hybridized carbons (Fsp3) is 0.375. The molecule has 0 saturated heterocycles. The van der Waals surface area contributed by atoms with Crippen LogP contribution in [-0.4, -0.2) is 30.3 Å². The molecule has 0 aliphatic rings. The molecule has 1 rings (SSSR count). The standard InChI is InChI=1S/C16H20O5/c1-4-16(19,12-10-8-7-9-11-12)13(14(17)20-5-2)15(18)21-6-3/h4,7-11,13,19H,1,5-6H2,2-3H3. The van der Waals surface area contributed by atoms with Crippen LogP contribution in [0.1, 0.15) is 19.4 Å². The average Bonchev–Trinajstić information content (AvgIpc) is 2.48. The van der Waals surface area contributed by atoms with E-state index in [-0.39, 0.29) is 13.2 Å². The number of hydrogen-bond donors (Lipinski definition) is 1. The zero-order valence-electron chi connectivity index (χ0n) is 12.2. The molecular weight excluding hydrogens is 272 g/mol. The Balaban J connectivity index is 3.29. The second-order valence-corrected chi connectivity index (χ2v) is 4.33. The Morgan fingerprint density at radius 3 is 2.05 bits per heavy atom. The Kier molecular flexibility index (Phi) is 6.11. The molecule has 1 N–H and O–H groups in total. The van der Waals surface area contributed by atoms with Crippen molar-refractivity contribution < 1.29 is 24.2 Å².